The third-order valence-electron chi connectivity index (χ3n) is 5.48. The summed E-state index contributed by atoms with van der Waals surface area (Å²) in [7, 11) is 1.82. The lowest BCUT2D eigenvalue weighted by atomic mass is 10.1. The van der Waals surface area contributed by atoms with Gasteiger partial charge in [-0.25, -0.2) is 0 Å². The molecule has 0 unspecified atom stereocenters. The molecular formula is C27H28N4O2S. The minimum Gasteiger partial charge on any atom is -0.485 e. The summed E-state index contributed by atoms with van der Waals surface area (Å²) in [4.78, 5) is 14.5. The van der Waals surface area contributed by atoms with Gasteiger partial charge in [0, 0.05) is 19.3 Å². The van der Waals surface area contributed by atoms with Crippen LogP contribution in [0.25, 0.3) is 5.69 Å². The number of carbonyl (C=O) groups excluding carboxylic acids is 1. The van der Waals surface area contributed by atoms with Crippen LogP contribution >= 0.6 is 11.8 Å². The molecule has 4 rings (SSSR count). The molecule has 0 saturated heterocycles. The largest absolute Gasteiger partial charge is 0.485 e. The lowest BCUT2D eigenvalue weighted by molar-refractivity contribution is -0.127. The molecule has 6 nitrogen and oxygen atoms in total. The Kier molecular flexibility index (Phi) is 7.65. The smallest absolute Gasteiger partial charge is 0.233 e. The zero-order valence-electron chi connectivity index (χ0n) is 19.6. The highest BCUT2D eigenvalue weighted by atomic mass is 32.2. The van der Waals surface area contributed by atoms with E-state index in [2.05, 4.69) is 10.2 Å². The molecule has 174 valence electrons. The number of nitrogens with zero attached hydrogens (tertiary/aromatic N) is 4. The molecule has 3 aromatic carbocycles. The number of carbonyl (C=O) groups is 1. The average molecular weight is 473 g/mol. The van der Waals surface area contributed by atoms with E-state index in [0.29, 0.717) is 17.5 Å². The maximum absolute atomic E-state index is 12.8. The molecule has 7 heteroatoms. The summed E-state index contributed by atoms with van der Waals surface area (Å²) in [5.74, 6) is 1.84. The topological polar surface area (TPSA) is 60.3 Å². The second kappa shape index (κ2) is 11.0. The van der Waals surface area contributed by atoms with Gasteiger partial charge in [0.15, 0.2) is 11.0 Å². The molecule has 1 amide bonds. The first kappa shape index (κ1) is 23.6. The van der Waals surface area contributed by atoms with E-state index >= 15 is 0 Å². The van der Waals surface area contributed by atoms with E-state index in [1.165, 1.54) is 11.8 Å². The molecule has 0 bridgehead atoms. The van der Waals surface area contributed by atoms with Crippen molar-refractivity contribution < 1.29 is 9.53 Å². The van der Waals surface area contributed by atoms with Crippen molar-refractivity contribution in [2.45, 2.75) is 32.2 Å². The van der Waals surface area contributed by atoms with Crippen LogP contribution < -0.4 is 4.74 Å². The number of thioether (sulfide) groups is 1. The van der Waals surface area contributed by atoms with E-state index in [-0.39, 0.29) is 18.3 Å². The van der Waals surface area contributed by atoms with Gasteiger partial charge < -0.3 is 9.64 Å². The summed E-state index contributed by atoms with van der Waals surface area (Å²) < 4.78 is 8.11. The Morgan fingerprint density at radius 1 is 0.912 bits per heavy atom. The van der Waals surface area contributed by atoms with Crippen molar-refractivity contribution in [3.63, 3.8) is 0 Å². The summed E-state index contributed by atoms with van der Waals surface area (Å²) in [6.07, 6.45) is 0. The van der Waals surface area contributed by atoms with Gasteiger partial charge in [-0.1, -0.05) is 78.5 Å². The number of aromatic nitrogens is 3. The van der Waals surface area contributed by atoms with Gasteiger partial charge >= 0.3 is 0 Å². The summed E-state index contributed by atoms with van der Waals surface area (Å²) in [5.41, 5.74) is 4.18. The Morgan fingerprint density at radius 3 is 2.24 bits per heavy atom. The Morgan fingerprint density at radius 2 is 1.56 bits per heavy atom. The quantitative estimate of drug-likeness (QED) is 0.313. The number of hydrogen-bond donors (Lipinski definition) is 0. The molecule has 34 heavy (non-hydrogen) atoms. The van der Waals surface area contributed by atoms with Crippen molar-refractivity contribution in [2.75, 3.05) is 12.8 Å². The molecule has 0 atom stereocenters. The van der Waals surface area contributed by atoms with Crippen molar-refractivity contribution in [3.8, 4) is 11.4 Å². The monoisotopic (exact) mass is 472 g/mol. The van der Waals surface area contributed by atoms with Crippen LogP contribution in [0.1, 0.15) is 22.5 Å². The van der Waals surface area contributed by atoms with Crippen LogP contribution in [0.2, 0.25) is 0 Å². The molecule has 0 saturated carbocycles. The molecule has 4 aromatic rings. The third kappa shape index (κ3) is 5.66. The molecule has 0 N–H and O–H groups in total. The fourth-order valence-corrected chi connectivity index (χ4v) is 4.58. The number of amides is 1. The van der Waals surface area contributed by atoms with Gasteiger partial charge in [0.1, 0.15) is 12.4 Å². The highest BCUT2D eigenvalue weighted by Crippen LogP contribution is 2.26. The molecule has 1 heterocycles. The summed E-state index contributed by atoms with van der Waals surface area (Å²) in [5, 5.41) is 9.45. The zero-order chi connectivity index (χ0) is 23.9. The molecule has 1 aromatic heterocycles. The van der Waals surface area contributed by atoms with Gasteiger partial charge in [0.2, 0.25) is 5.91 Å². The summed E-state index contributed by atoms with van der Waals surface area (Å²) in [6, 6.07) is 26.0. The number of hydrogen-bond acceptors (Lipinski definition) is 5. The van der Waals surface area contributed by atoms with Crippen LogP contribution in [0.4, 0.5) is 0 Å². The van der Waals surface area contributed by atoms with Gasteiger partial charge in [-0.2, -0.15) is 0 Å². The predicted molar refractivity (Wildman–Crippen MR) is 135 cm³/mol. The molecule has 0 aliphatic rings. The highest BCUT2D eigenvalue weighted by molar-refractivity contribution is 7.99. The average Bonchev–Trinajstić information content (AvgIpc) is 3.26. The standard InChI is InChI=1S/C27H28N4O2S/c1-20-11-10-12-21(2)26(20)33-18-24-28-29-27(31(24)23-15-8-5-9-16-23)34-19-25(32)30(3)17-22-13-6-4-7-14-22/h4-16H,17-19H2,1-3H3. The van der Waals surface area contributed by atoms with Crippen LogP contribution in [0.5, 0.6) is 5.75 Å². The molecule has 0 radical (unpaired) electrons. The Labute approximate surface area is 204 Å². The van der Waals surface area contributed by atoms with E-state index in [1.54, 1.807) is 4.90 Å². The first-order chi connectivity index (χ1) is 16.5. The van der Waals surface area contributed by atoms with Crippen LogP contribution in [-0.2, 0) is 17.9 Å². The number of aryl methyl sites for hydroxylation is 2. The van der Waals surface area contributed by atoms with Crippen LogP contribution in [0, 0.1) is 13.8 Å². The number of para-hydroxylation sites is 2. The number of rotatable bonds is 9. The van der Waals surface area contributed by atoms with Gasteiger partial charge in [0.25, 0.3) is 0 Å². The minimum absolute atomic E-state index is 0.0322. The van der Waals surface area contributed by atoms with Gasteiger partial charge in [0.05, 0.1) is 5.75 Å². The highest BCUT2D eigenvalue weighted by Gasteiger charge is 2.18. The first-order valence-electron chi connectivity index (χ1n) is 11.1. The molecule has 0 fully saturated rings. The third-order valence-corrected chi connectivity index (χ3v) is 6.40. The Bertz CT molecular complexity index is 1220. The van der Waals surface area contributed by atoms with Crippen molar-refractivity contribution in [2.24, 2.45) is 0 Å². The maximum Gasteiger partial charge on any atom is 0.233 e. The molecule has 0 aliphatic carbocycles. The SMILES string of the molecule is Cc1cccc(C)c1OCc1nnc(SCC(=O)N(C)Cc2ccccc2)n1-c1ccccc1. The van der Waals surface area contributed by atoms with E-state index in [4.69, 9.17) is 4.74 Å². The van der Waals surface area contributed by atoms with E-state index in [1.807, 2.05) is 104 Å². The number of ether oxygens (including phenoxy) is 1. The van der Waals surface area contributed by atoms with E-state index in [9.17, 15) is 4.79 Å². The van der Waals surface area contributed by atoms with Crippen molar-refractivity contribution >= 4 is 17.7 Å². The lowest BCUT2D eigenvalue weighted by Crippen LogP contribution is -2.27. The van der Waals surface area contributed by atoms with Crippen molar-refractivity contribution in [3.05, 3.63) is 101 Å². The predicted octanol–water partition coefficient (Wildman–Crippen LogP) is 5.21. The van der Waals surface area contributed by atoms with Gasteiger partial charge in [-0.05, 0) is 42.7 Å². The van der Waals surface area contributed by atoms with Gasteiger partial charge in [-0.3, -0.25) is 9.36 Å². The van der Waals surface area contributed by atoms with Crippen LogP contribution in [0.3, 0.4) is 0 Å². The first-order valence-corrected chi connectivity index (χ1v) is 12.1. The molecule has 0 aliphatic heterocycles. The van der Waals surface area contributed by atoms with Gasteiger partial charge in [-0.15, -0.1) is 10.2 Å². The van der Waals surface area contributed by atoms with Crippen LogP contribution in [-0.4, -0.2) is 38.4 Å². The Hall–Kier alpha value is -3.58. The normalized spacial score (nSPS) is 10.8. The second-order valence-electron chi connectivity index (χ2n) is 8.10. The van der Waals surface area contributed by atoms with Crippen LogP contribution in [0.15, 0.2) is 84.0 Å². The van der Waals surface area contributed by atoms with Crippen molar-refractivity contribution in [1.29, 1.82) is 0 Å². The maximum atomic E-state index is 12.8. The second-order valence-corrected chi connectivity index (χ2v) is 9.05. The fourth-order valence-electron chi connectivity index (χ4n) is 3.67. The van der Waals surface area contributed by atoms with E-state index in [0.717, 1.165) is 28.1 Å². The zero-order valence-corrected chi connectivity index (χ0v) is 20.5. The Balaban J connectivity index is 1.50. The molecule has 0 spiro atoms. The van der Waals surface area contributed by atoms with E-state index < -0.39 is 0 Å². The summed E-state index contributed by atoms with van der Waals surface area (Å²) >= 11 is 1.38. The summed E-state index contributed by atoms with van der Waals surface area (Å²) in [6.45, 7) is 4.91. The minimum atomic E-state index is 0.0322. The molecular weight excluding hydrogens is 444 g/mol. The lowest BCUT2D eigenvalue weighted by Gasteiger charge is -2.17. The van der Waals surface area contributed by atoms with Crippen molar-refractivity contribution in [1.82, 2.24) is 19.7 Å². The fraction of sp³-hybridized carbons (Fsp3) is 0.222. The number of benzene rings is 3.